The lowest BCUT2D eigenvalue weighted by atomic mass is 10.0. The van der Waals surface area contributed by atoms with Crippen molar-refractivity contribution < 1.29 is 8.42 Å². The van der Waals surface area contributed by atoms with Crippen molar-refractivity contribution in [1.29, 1.82) is 0 Å². The van der Waals surface area contributed by atoms with Gasteiger partial charge in [0.05, 0.1) is 4.75 Å². The summed E-state index contributed by atoms with van der Waals surface area (Å²) in [5.41, 5.74) is 8.16. The Balaban J connectivity index is 1.46. The van der Waals surface area contributed by atoms with Crippen LogP contribution in [0.3, 0.4) is 0 Å². The first-order valence-electron chi connectivity index (χ1n) is 9.80. The fourth-order valence-corrected chi connectivity index (χ4v) is 4.27. The molecule has 1 aliphatic rings. The summed E-state index contributed by atoms with van der Waals surface area (Å²) in [5.74, 6) is 0. The molecule has 1 aliphatic carbocycles. The topological polar surface area (TPSA) is 58.2 Å². The van der Waals surface area contributed by atoms with Gasteiger partial charge < -0.3 is 5.32 Å². The van der Waals surface area contributed by atoms with E-state index in [2.05, 4.69) is 52.5 Å². The second-order valence-corrected chi connectivity index (χ2v) is 10.9. The van der Waals surface area contributed by atoms with E-state index in [1.165, 1.54) is 22.3 Å². The summed E-state index contributed by atoms with van der Waals surface area (Å²) in [6.45, 7) is 5.73. The zero-order chi connectivity index (χ0) is 20.6. The largest absolute Gasteiger partial charge is 0.381 e. The minimum Gasteiger partial charge on any atom is -0.381 e. The van der Waals surface area contributed by atoms with Gasteiger partial charge in [-0.25, -0.2) is 8.42 Å². The van der Waals surface area contributed by atoms with E-state index in [-0.39, 0.29) is 0 Å². The highest BCUT2D eigenvalue weighted by Crippen LogP contribution is 2.40. The van der Waals surface area contributed by atoms with Gasteiger partial charge in [0.1, 0.15) is 0 Å². The second kappa shape index (κ2) is 7.23. The average molecular weight is 407 g/mol. The highest BCUT2D eigenvalue weighted by molar-refractivity contribution is 7.94. The van der Waals surface area contributed by atoms with E-state index < -0.39 is 14.8 Å². The van der Waals surface area contributed by atoms with E-state index in [1.54, 1.807) is 20.8 Å². The molecule has 3 aromatic rings. The van der Waals surface area contributed by atoms with E-state index >= 15 is 0 Å². The molecule has 0 aliphatic heterocycles. The average Bonchev–Trinajstić information content (AvgIpc) is 3.06. The predicted molar refractivity (Wildman–Crippen MR) is 121 cm³/mol. The van der Waals surface area contributed by atoms with E-state index in [0.717, 1.165) is 17.7 Å². The lowest BCUT2D eigenvalue weighted by Gasteiger charge is -2.20. The Morgan fingerprint density at radius 2 is 1.55 bits per heavy atom. The highest BCUT2D eigenvalue weighted by Gasteiger charge is 2.28. The molecule has 0 atom stereocenters. The standard InChI is InChI=1S/C24H26N2O2S/c1-24(2,3)29(27,28)26-19-13-11-17(12-14-19)16-25-23-10-6-9-21-20-8-5-4-7-18(20)15-22(21)23/h4-14,25-26H,15-16H2,1-3H3. The maximum Gasteiger partial charge on any atom is 0.237 e. The molecule has 0 heterocycles. The first-order valence-corrected chi connectivity index (χ1v) is 11.3. The third-order valence-electron chi connectivity index (χ3n) is 5.35. The molecule has 0 bridgehead atoms. The zero-order valence-electron chi connectivity index (χ0n) is 17.0. The van der Waals surface area contributed by atoms with Crippen LogP contribution in [0.5, 0.6) is 0 Å². The van der Waals surface area contributed by atoms with Crippen molar-refractivity contribution in [3.63, 3.8) is 0 Å². The molecule has 0 saturated carbocycles. The number of hydrogen-bond donors (Lipinski definition) is 2. The van der Waals surface area contributed by atoms with Crippen LogP contribution in [0.2, 0.25) is 0 Å². The van der Waals surface area contributed by atoms with Crippen molar-refractivity contribution >= 4 is 21.4 Å². The van der Waals surface area contributed by atoms with Crippen LogP contribution in [0, 0.1) is 0 Å². The van der Waals surface area contributed by atoms with Crippen LogP contribution in [-0.2, 0) is 23.0 Å². The molecule has 0 unspecified atom stereocenters. The van der Waals surface area contributed by atoms with Crippen LogP contribution in [0.1, 0.15) is 37.5 Å². The molecule has 0 amide bonds. The quantitative estimate of drug-likeness (QED) is 0.466. The summed E-state index contributed by atoms with van der Waals surface area (Å²) in [6, 6.07) is 22.5. The maximum atomic E-state index is 12.3. The lowest BCUT2D eigenvalue weighted by molar-refractivity contribution is 0.566. The number of benzene rings is 3. The summed E-state index contributed by atoms with van der Waals surface area (Å²) in [5, 5.41) is 3.55. The Hall–Kier alpha value is -2.79. The van der Waals surface area contributed by atoms with Gasteiger partial charge in [-0.15, -0.1) is 0 Å². The van der Waals surface area contributed by atoms with E-state index in [1.807, 2.05) is 24.3 Å². The summed E-state index contributed by atoms with van der Waals surface area (Å²) >= 11 is 0. The smallest absolute Gasteiger partial charge is 0.237 e. The third kappa shape index (κ3) is 3.87. The van der Waals surface area contributed by atoms with Crippen molar-refractivity contribution in [3.8, 4) is 11.1 Å². The molecule has 0 aromatic heterocycles. The van der Waals surface area contributed by atoms with Gasteiger partial charge in [0, 0.05) is 24.3 Å². The maximum absolute atomic E-state index is 12.3. The molecule has 0 radical (unpaired) electrons. The first kappa shape index (κ1) is 19.5. The van der Waals surface area contributed by atoms with Gasteiger partial charge >= 0.3 is 0 Å². The Morgan fingerprint density at radius 3 is 2.28 bits per heavy atom. The zero-order valence-corrected chi connectivity index (χ0v) is 17.8. The van der Waals surface area contributed by atoms with Gasteiger partial charge in [-0.1, -0.05) is 48.5 Å². The lowest BCUT2D eigenvalue weighted by Crippen LogP contribution is -2.33. The van der Waals surface area contributed by atoms with Crippen molar-refractivity contribution in [2.75, 3.05) is 10.0 Å². The molecule has 150 valence electrons. The molecular weight excluding hydrogens is 380 g/mol. The fourth-order valence-electron chi connectivity index (χ4n) is 3.52. The van der Waals surface area contributed by atoms with Crippen LogP contribution >= 0.6 is 0 Å². The molecule has 0 spiro atoms. The normalized spacial score (nSPS) is 12.9. The number of anilines is 2. The van der Waals surface area contributed by atoms with Gasteiger partial charge in [-0.05, 0) is 66.8 Å². The molecule has 0 fully saturated rings. The molecule has 2 N–H and O–H groups in total. The van der Waals surface area contributed by atoms with Gasteiger partial charge in [-0.2, -0.15) is 0 Å². The summed E-state index contributed by atoms with van der Waals surface area (Å²) in [7, 11) is -3.42. The number of fused-ring (bicyclic) bond motifs is 3. The molecular formula is C24H26N2O2S. The Bertz CT molecular complexity index is 1140. The van der Waals surface area contributed by atoms with E-state index in [0.29, 0.717) is 12.2 Å². The number of hydrogen-bond acceptors (Lipinski definition) is 3. The monoisotopic (exact) mass is 406 g/mol. The SMILES string of the molecule is CC(C)(C)S(=O)(=O)Nc1ccc(CNc2cccc3c2Cc2ccccc2-3)cc1. The highest BCUT2D eigenvalue weighted by atomic mass is 32.2. The number of nitrogens with one attached hydrogen (secondary N) is 2. The summed E-state index contributed by atoms with van der Waals surface area (Å²) in [4.78, 5) is 0. The first-order chi connectivity index (χ1) is 13.7. The Kier molecular flexibility index (Phi) is 4.87. The van der Waals surface area contributed by atoms with Gasteiger partial charge in [0.25, 0.3) is 0 Å². The van der Waals surface area contributed by atoms with Crippen LogP contribution in [0.15, 0.2) is 66.7 Å². The number of sulfonamides is 1. The summed E-state index contributed by atoms with van der Waals surface area (Å²) in [6.07, 6.45) is 0.947. The Labute approximate surface area is 173 Å². The van der Waals surface area contributed by atoms with Crippen LogP contribution in [0.25, 0.3) is 11.1 Å². The minimum atomic E-state index is -3.42. The van der Waals surface area contributed by atoms with Gasteiger partial charge in [0.15, 0.2) is 0 Å². The molecule has 29 heavy (non-hydrogen) atoms. The van der Waals surface area contributed by atoms with Crippen molar-refractivity contribution in [2.24, 2.45) is 0 Å². The molecule has 4 rings (SSSR count). The van der Waals surface area contributed by atoms with Crippen molar-refractivity contribution in [2.45, 2.75) is 38.5 Å². The fraction of sp³-hybridized carbons (Fsp3) is 0.250. The predicted octanol–water partition coefficient (Wildman–Crippen LogP) is 5.41. The van der Waals surface area contributed by atoms with Crippen LogP contribution in [0.4, 0.5) is 11.4 Å². The second-order valence-electron chi connectivity index (χ2n) is 8.43. The van der Waals surface area contributed by atoms with Crippen LogP contribution in [-0.4, -0.2) is 13.2 Å². The number of rotatable bonds is 5. The molecule has 0 saturated heterocycles. The molecule has 3 aromatic carbocycles. The Morgan fingerprint density at radius 1 is 0.862 bits per heavy atom. The summed E-state index contributed by atoms with van der Waals surface area (Å²) < 4.78 is 26.4. The van der Waals surface area contributed by atoms with E-state index in [9.17, 15) is 8.42 Å². The van der Waals surface area contributed by atoms with Gasteiger partial charge in [-0.3, -0.25) is 4.72 Å². The van der Waals surface area contributed by atoms with Gasteiger partial charge in [0.2, 0.25) is 10.0 Å². The molecule has 5 heteroatoms. The third-order valence-corrected chi connectivity index (χ3v) is 7.46. The molecule has 4 nitrogen and oxygen atoms in total. The van der Waals surface area contributed by atoms with Crippen molar-refractivity contribution in [3.05, 3.63) is 83.4 Å². The minimum absolute atomic E-state index is 0.583. The van der Waals surface area contributed by atoms with Crippen molar-refractivity contribution in [1.82, 2.24) is 0 Å². The van der Waals surface area contributed by atoms with E-state index in [4.69, 9.17) is 0 Å². The van der Waals surface area contributed by atoms with Crippen LogP contribution < -0.4 is 10.0 Å².